The predicted octanol–water partition coefficient (Wildman–Crippen LogP) is -3.77. The number of carboxylic acids is 1. The zero-order chi connectivity index (χ0) is 27.7. The molecular weight excluding hydrogens is 494 g/mol. The van der Waals surface area contributed by atoms with E-state index in [1.807, 2.05) is 0 Å². The summed E-state index contributed by atoms with van der Waals surface area (Å²) in [5.41, 5.74) is 26.7. The highest BCUT2D eigenvalue weighted by molar-refractivity contribution is 7.80. The molecular formula is C20H39N9O6S. The number of carbonyl (C=O) groups is 5. The van der Waals surface area contributed by atoms with Crippen molar-refractivity contribution in [3.05, 3.63) is 0 Å². The minimum atomic E-state index is -1.26. The maximum absolute atomic E-state index is 12.9. The van der Waals surface area contributed by atoms with Crippen molar-refractivity contribution >= 4 is 48.2 Å². The quantitative estimate of drug-likeness (QED) is 0.0334. The molecule has 0 rings (SSSR count). The first kappa shape index (κ1) is 32.9. The first-order valence-electron chi connectivity index (χ1n) is 11.5. The second-order valence-electron chi connectivity index (χ2n) is 8.05. The van der Waals surface area contributed by atoms with E-state index >= 15 is 0 Å². The number of thiol groups is 1. The van der Waals surface area contributed by atoms with E-state index in [4.69, 9.17) is 28.7 Å². The molecule has 0 aliphatic rings. The second kappa shape index (κ2) is 18.2. The molecule has 206 valence electrons. The molecule has 36 heavy (non-hydrogen) atoms. The second-order valence-corrected chi connectivity index (χ2v) is 8.41. The SMILES string of the molecule is NCCCCC(NC(=O)C(CS)NC(=O)C(N)CCC(N)=O)C(=O)NC(CCCN=C(N)N)C(=O)O. The molecule has 0 radical (unpaired) electrons. The van der Waals surface area contributed by atoms with Gasteiger partial charge >= 0.3 is 5.97 Å². The van der Waals surface area contributed by atoms with Crippen LogP contribution in [0.15, 0.2) is 4.99 Å². The Balaban J connectivity index is 5.25. The number of unbranched alkanes of at least 4 members (excludes halogenated alkanes) is 1. The highest BCUT2D eigenvalue weighted by atomic mass is 32.1. The largest absolute Gasteiger partial charge is 0.480 e. The highest BCUT2D eigenvalue weighted by Crippen LogP contribution is 2.06. The molecule has 14 N–H and O–H groups in total. The third-order valence-corrected chi connectivity index (χ3v) is 5.36. The lowest BCUT2D eigenvalue weighted by Gasteiger charge is -2.24. The van der Waals surface area contributed by atoms with Crippen molar-refractivity contribution in [3.8, 4) is 0 Å². The van der Waals surface area contributed by atoms with Crippen molar-refractivity contribution in [1.29, 1.82) is 0 Å². The maximum atomic E-state index is 12.9. The van der Waals surface area contributed by atoms with Crippen LogP contribution in [0.4, 0.5) is 0 Å². The molecule has 0 aromatic heterocycles. The van der Waals surface area contributed by atoms with Gasteiger partial charge in [-0.3, -0.25) is 24.2 Å². The number of aliphatic carboxylic acids is 1. The summed E-state index contributed by atoms with van der Waals surface area (Å²) < 4.78 is 0. The summed E-state index contributed by atoms with van der Waals surface area (Å²) in [6.07, 6.45) is 1.47. The average molecular weight is 534 g/mol. The van der Waals surface area contributed by atoms with Crippen molar-refractivity contribution in [2.45, 2.75) is 69.1 Å². The van der Waals surface area contributed by atoms with Gasteiger partial charge in [-0.25, -0.2) is 4.79 Å². The van der Waals surface area contributed by atoms with Crippen molar-refractivity contribution in [2.24, 2.45) is 33.7 Å². The molecule has 0 aliphatic carbocycles. The molecule has 0 aromatic carbocycles. The fourth-order valence-corrected chi connectivity index (χ4v) is 3.23. The van der Waals surface area contributed by atoms with Crippen LogP contribution in [-0.4, -0.2) is 83.7 Å². The fraction of sp³-hybridized carbons (Fsp3) is 0.700. The highest BCUT2D eigenvalue weighted by Gasteiger charge is 2.29. The number of primary amides is 1. The van der Waals surface area contributed by atoms with Gasteiger partial charge in [-0.05, 0) is 45.1 Å². The third-order valence-electron chi connectivity index (χ3n) is 4.99. The van der Waals surface area contributed by atoms with Crippen molar-refractivity contribution in [3.63, 3.8) is 0 Å². The van der Waals surface area contributed by atoms with Crippen LogP contribution in [0.5, 0.6) is 0 Å². The minimum absolute atomic E-state index is 0.00798. The number of carboxylic acid groups (broad SMARTS) is 1. The van der Waals surface area contributed by atoms with Crippen LogP contribution in [0.2, 0.25) is 0 Å². The van der Waals surface area contributed by atoms with Crippen LogP contribution in [-0.2, 0) is 24.0 Å². The number of aliphatic imine (C=N–C) groups is 1. The molecule has 0 saturated carbocycles. The van der Waals surface area contributed by atoms with E-state index in [2.05, 4.69) is 33.6 Å². The summed E-state index contributed by atoms with van der Waals surface area (Å²) >= 11 is 4.07. The van der Waals surface area contributed by atoms with Crippen LogP contribution >= 0.6 is 12.6 Å². The first-order valence-corrected chi connectivity index (χ1v) is 12.1. The molecule has 15 nitrogen and oxygen atoms in total. The van der Waals surface area contributed by atoms with Crippen LogP contribution in [0, 0.1) is 0 Å². The molecule has 0 saturated heterocycles. The molecule has 4 amide bonds. The molecule has 16 heteroatoms. The van der Waals surface area contributed by atoms with E-state index in [1.54, 1.807) is 0 Å². The summed E-state index contributed by atoms with van der Waals surface area (Å²) in [5.74, 6) is -4.24. The normalized spacial score (nSPS) is 14.0. The molecule has 0 aliphatic heterocycles. The number of nitrogens with one attached hydrogen (secondary N) is 3. The Labute approximate surface area is 215 Å². The van der Waals surface area contributed by atoms with Gasteiger partial charge in [0.1, 0.15) is 18.1 Å². The molecule has 0 bridgehead atoms. The van der Waals surface area contributed by atoms with E-state index in [0.717, 1.165) is 0 Å². The lowest BCUT2D eigenvalue weighted by atomic mass is 10.1. The lowest BCUT2D eigenvalue weighted by Crippen LogP contribution is -2.57. The number of nitrogens with two attached hydrogens (primary N) is 5. The van der Waals surface area contributed by atoms with Gasteiger partial charge in [-0.2, -0.15) is 12.6 Å². The van der Waals surface area contributed by atoms with E-state index in [0.29, 0.717) is 25.8 Å². The van der Waals surface area contributed by atoms with Crippen LogP contribution in [0.1, 0.15) is 44.9 Å². The summed E-state index contributed by atoms with van der Waals surface area (Å²) in [6.45, 7) is 0.549. The summed E-state index contributed by atoms with van der Waals surface area (Å²) in [4.78, 5) is 64.2. The zero-order valence-electron chi connectivity index (χ0n) is 20.2. The molecule has 0 spiro atoms. The molecule has 0 heterocycles. The van der Waals surface area contributed by atoms with E-state index in [9.17, 15) is 29.1 Å². The van der Waals surface area contributed by atoms with Gasteiger partial charge < -0.3 is 49.7 Å². The van der Waals surface area contributed by atoms with Gasteiger partial charge in [0.15, 0.2) is 5.96 Å². The van der Waals surface area contributed by atoms with Crippen LogP contribution in [0.25, 0.3) is 0 Å². The van der Waals surface area contributed by atoms with E-state index in [1.165, 1.54) is 0 Å². The Morgan fingerprint density at radius 2 is 1.36 bits per heavy atom. The van der Waals surface area contributed by atoms with Gasteiger partial charge in [-0.1, -0.05) is 0 Å². The lowest BCUT2D eigenvalue weighted by molar-refractivity contribution is -0.142. The van der Waals surface area contributed by atoms with Gasteiger partial charge in [0, 0.05) is 18.7 Å². The molecule has 0 fully saturated rings. The molecule has 4 unspecified atom stereocenters. The Morgan fingerprint density at radius 3 is 1.89 bits per heavy atom. The Bertz CT molecular complexity index is 779. The molecule has 0 aromatic rings. The third kappa shape index (κ3) is 14.3. The molecule has 4 atom stereocenters. The minimum Gasteiger partial charge on any atom is -0.480 e. The average Bonchev–Trinajstić information content (AvgIpc) is 2.81. The summed E-state index contributed by atoms with van der Waals surface area (Å²) in [7, 11) is 0. The van der Waals surface area contributed by atoms with Gasteiger partial charge in [0.25, 0.3) is 0 Å². The van der Waals surface area contributed by atoms with Crippen LogP contribution < -0.4 is 44.6 Å². The first-order chi connectivity index (χ1) is 16.9. The summed E-state index contributed by atoms with van der Waals surface area (Å²) in [6, 6.07) is -4.54. The number of rotatable bonds is 19. The summed E-state index contributed by atoms with van der Waals surface area (Å²) in [5, 5.41) is 16.8. The topological polar surface area (TPSA) is 284 Å². The van der Waals surface area contributed by atoms with Crippen LogP contribution in [0.3, 0.4) is 0 Å². The number of guanidine groups is 1. The Hall–Kier alpha value is -3.11. The van der Waals surface area contributed by atoms with Gasteiger partial charge in [-0.15, -0.1) is 0 Å². The van der Waals surface area contributed by atoms with Crippen molar-refractivity contribution < 1.29 is 29.1 Å². The van der Waals surface area contributed by atoms with Gasteiger partial charge in [0.05, 0.1) is 6.04 Å². The number of amides is 4. The maximum Gasteiger partial charge on any atom is 0.326 e. The number of hydrogen-bond acceptors (Lipinski definition) is 9. The Kier molecular flexibility index (Phi) is 16.6. The monoisotopic (exact) mass is 533 g/mol. The van der Waals surface area contributed by atoms with Crippen molar-refractivity contribution in [1.82, 2.24) is 16.0 Å². The standard InChI is InChI=1S/C20H39N9O6S/c21-8-2-1-4-12(17(32)28-13(19(34)35)5-3-9-26-20(24)25)27-18(33)14(10-36)29-16(31)11(22)6-7-15(23)30/h11-14,36H,1-10,21-22H2,(H2,23,30)(H,27,33)(H,28,32)(H,29,31)(H,34,35)(H4,24,25,26). The zero-order valence-corrected chi connectivity index (χ0v) is 21.0. The van der Waals surface area contributed by atoms with Crippen molar-refractivity contribution in [2.75, 3.05) is 18.8 Å². The van der Waals surface area contributed by atoms with Gasteiger partial charge in [0.2, 0.25) is 23.6 Å². The number of hydrogen-bond donors (Lipinski definition) is 10. The number of carbonyl (C=O) groups excluding carboxylic acids is 4. The number of nitrogens with zero attached hydrogens (tertiary/aromatic N) is 1. The van der Waals surface area contributed by atoms with E-state index in [-0.39, 0.29) is 43.9 Å². The smallest absolute Gasteiger partial charge is 0.326 e. The van der Waals surface area contributed by atoms with E-state index < -0.39 is 53.8 Å². The fourth-order valence-electron chi connectivity index (χ4n) is 2.97. The predicted molar refractivity (Wildman–Crippen MR) is 137 cm³/mol. The Morgan fingerprint density at radius 1 is 0.806 bits per heavy atom.